The second kappa shape index (κ2) is 3.53. The van der Waals surface area contributed by atoms with E-state index in [4.69, 9.17) is 5.73 Å². The lowest BCUT2D eigenvalue weighted by Crippen LogP contribution is -2.20. The van der Waals surface area contributed by atoms with Crippen LogP contribution in [0.25, 0.3) is 0 Å². The Kier molecular flexibility index (Phi) is 2.39. The molecule has 3 nitrogen and oxygen atoms in total. The van der Waals surface area contributed by atoms with Gasteiger partial charge in [-0.05, 0) is 40.8 Å². The molecule has 4 heteroatoms. The minimum Gasteiger partial charge on any atom is -0.398 e. The van der Waals surface area contributed by atoms with Crippen molar-refractivity contribution in [1.29, 1.82) is 0 Å². The third-order valence-corrected chi connectivity index (χ3v) is 2.62. The van der Waals surface area contributed by atoms with Crippen molar-refractivity contribution in [3.63, 3.8) is 0 Å². The number of anilines is 1. The molecular weight excluding hydrogens is 277 g/mol. The standard InChI is InChI=1S/C9H10IN3/c10-6-1-2-8(11)7(5-6)9-12-3-4-13-9/h1-2,5H,3-4,11H2,(H,12,13). The number of aliphatic imine (C=N–C) groups is 1. The predicted octanol–water partition coefficient (Wildman–Crippen LogP) is 1.22. The molecule has 0 amide bonds. The SMILES string of the molecule is Nc1ccc(I)cc1C1=NCCN1. The number of nitrogens with one attached hydrogen (secondary N) is 1. The van der Waals surface area contributed by atoms with Crippen LogP contribution < -0.4 is 11.1 Å². The first-order valence-corrected chi connectivity index (χ1v) is 5.19. The van der Waals surface area contributed by atoms with Crippen molar-refractivity contribution in [2.45, 2.75) is 0 Å². The van der Waals surface area contributed by atoms with Crippen molar-refractivity contribution in [2.75, 3.05) is 18.8 Å². The maximum atomic E-state index is 5.85. The van der Waals surface area contributed by atoms with Crippen LogP contribution in [-0.2, 0) is 0 Å². The molecule has 1 aromatic rings. The Morgan fingerprint density at radius 1 is 1.46 bits per heavy atom. The maximum Gasteiger partial charge on any atom is 0.130 e. The number of halogens is 1. The molecule has 68 valence electrons. The summed E-state index contributed by atoms with van der Waals surface area (Å²) in [5.74, 6) is 0.927. The Morgan fingerprint density at radius 2 is 2.31 bits per heavy atom. The van der Waals surface area contributed by atoms with Gasteiger partial charge in [0.1, 0.15) is 5.84 Å². The molecule has 0 radical (unpaired) electrons. The van der Waals surface area contributed by atoms with E-state index < -0.39 is 0 Å². The zero-order valence-electron chi connectivity index (χ0n) is 7.05. The van der Waals surface area contributed by atoms with Gasteiger partial charge in [0.25, 0.3) is 0 Å². The van der Waals surface area contributed by atoms with Gasteiger partial charge in [-0.25, -0.2) is 0 Å². The molecule has 1 heterocycles. The first-order valence-electron chi connectivity index (χ1n) is 4.11. The molecule has 3 N–H and O–H groups in total. The molecule has 2 rings (SSSR count). The summed E-state index contributed by atoms with van der Waals surface area (Å²) in [5, 5.41) is 3.21. The Balaban J connectivity index is 2.43. The van der Waals surface area contributed by atoms with Crippen LogP contribution in [0.4, 0.5) is 5.69 Å². The molecule has 0 aliphatic carbocycles. The summed E-state index contributed by atoms with van der Waals surface area (Å²) < 4.78 is 1.18. The molecule has 0 spiro atoms. The molecule has 0 aromatic heterocycles. The molecule has 0 unspecified atom stereocenters. The fourth-order valence-electron chi connectivity index (χ4n) is 1.31. The van der Waals surface area contributed by atoms with Crippen LogP contribution in [0.15, 0.2) is 23.2 Å². The number of nitrogens with two attached hydrogens (primary N) is 1. The zero-order valence-corrected chi connectivity index (χ0v) is 9.21. The molecule has 0 saturated carbocycles. The lowest BCUT2D eigenvalue weighted by atomic mass is 10.1. The van der Waals surface area contributed by atoms with E-state index in [9.17, 15) is 0 Å². The summed E-state index contributed by atoms with van der Waals surface area (Å²) in [6, 6.07) is 5.96. The smallest absolute Gasteiger partial charge is 0.130 e. The Bertz CT molecular complexity index is 360. The van der Waals surface area contributed by atoms with E-state index in [1.807, 2.05) is 18.2 Å². The third kappa shape index (κ3) is 1.77. The summed E-state index contributed by atoms with van der Waals surface area (Å²) >= 11 is 2.27. The quantitative estimate of drug-likeness (QED) is 0.603. The van der Waals surface area contributed by atoms with Crippen LogP contribution in [0.3, 0.4) is 0 Å². The number of nitrogens with zero attached hydrogens (tertiary/aromatic N) is 1. The average Bonchev–Trinajstić information content (AvgIpc) is 2.61. The van der Waals surface area contributed by atoms with Crippen LogP contribution in [0.2, 0.25) is 0 Å². The summed E-state index contributed by atoms with van der Waals surface area (Å²) in [4.78, 5) is 4.33. The van der Waals surface area contributed by atoms with Crippen molar-refractivity contribution in [3.05, 3.63) is 27.3 Å². The van der Waals surface area contributed by atoms with Gasteiger partial charge < -0.3 is 11.1 Å². The lowest BCUT2D eigenvalue weighted by molar-refractivity contribution is 0.960. The van der Waals surface area contributed by atoms with E-state index in [1.165, 1.54) is 3.57 Å². The van der Waals surface area contributed by atoms with Crippen LogP contribution in [-0.4, -0.2) is 18.9 Å². The molecule has 13 heavy (non-hydrogen) atoms. The molecular formula is C9H10IN3. The molecule has 1 aliphatic heterocycles. The summed E-state index contributed by atoms with van der Waals surface area (Å²) in [6.45, 7) is 1.76. The van der Waals surface area contributed by atoms with Gasteiger partial charge in [-0.1, -0.05) is 0 Å². The average molecular weight is 287 g/mol. The number of rotatable bonds is 1. The normalized spacial score (nSPS) is 15.3. The van der Waals surface area contributed by atoms with E-state index >= 15 is 0 Å². The number of amidine groups is 1. The first kappa shape index (κ1) is 8.80. The molecule has 0 bridgehead atoms. The van der Waals surface area contributed by atoms with E-state index in [1.54, 1.807) is 0 Å². The van der Waals surface area contributed by atoms with E-state index in [-0.39, 0.29) is 0 Å². The van der Waals surface area contributed by atoms with Crippen molar-refractivity contribution < 1.29 is 0 Å². The van der Waals surface area contributed by atoms with Crippen molar-refractivity contribution in [1.82, 2.24) is 5.32 Å². The van der Waals surface area contributed by atoms with Crippen molar-refractivity contribution in [3.8, 4) is 0 Å². The second-order valence-electron chi connectivity index (χ2n) is 2.89. The predicted molar refractivity (Wildman–Crippen MR) is 63.0 cm³/mol. The highest BCUT2D eigenvalue weighted by atomic mass is 127. The topological polar surface area (TPSA) is 50.4 Å². The van der Waals surface area contributed by atoms with E-state index in [2.05, 4.69) is 32.9 Å². The van der Waals surface area contributed by atoms with Gasteiger partial charge >= 0.3 is 0 Å². The molecule has 0 atom stereocenters. The minimum absolute atomic E-state index is 0.786. The highest BCUT2D eigenvalue weighted by molar-refractivity contribution is 14.1. The van der Waals surface area contributed by atoms with Gasteiger partial charge in [0.15, 0.2) is 0 Å². The molecule has 1 aromatic carbocycles. The number of hydrogen-bond donors (Lipinski definition) is 2. The number of hydrogen-bond acceptors (Lipinski definition) is 3. The minimum atomic E-state index is 0.786. The summed E-state index contributed by atoms with van der Waals surface area (Å²) in [6.07, 6.45) is 0. The maximum absolute atomic E-state index is 5.85. The monoisotopic (exact) mass is 287 g/mol. The van der Waals surface area contributed by atoms with Gasteiger partial charge in [-0.15, -0.1) is 0 Å². The van der Waals surface area contributed by atoms with Crippen LogP contribution in [0.5, 0.6) is 0 Å². The van der Waals surface area contributed by atoms with Gasteiger partial charge in [0.05, 0.1) is 6.54 Å². The van der Waals surface area contributed by atoms with Gasteiger partial charge in [-0.3, -0.25) is 4.99 Å². The number of nitrogen functional groups attached to an aromatic ring is 1. The fraction of sp³-hybridized carbons (Fsp3) is 0.222. The van der Waals surface area contributed by atoms with Crippen molar-refractivity contribution in [2.24, 2.45) is 4.99 Å². The fourth-order valence-corrected chi connectivity index (χ4v) is 1.80. The van der Waals surface area contributed by atoms with Gasteiger partial charge in [-0.2, -0.15) is 0 Å². The molecule has 0 saturated heterocycles. The lowest BCUT2D eigenvalue weighted by Gasteiger charge is -2.06. The Morgan fingerprint density at radius 3 is 3.00 bits per heavy atom. The van der Waals surface area contributed by atoms with Gasteiger partial charge in [0.2, 0.25) is 0 Å². The van der Waals surface area contributed by atoms with E-state index in [0.717, 1.165) is 30.2 Å². The largest absolute Gasteiger partial charge is 0.398 e. The number of benzene rings is 1. The third-order valence-electron chi connectivity index (χ3n) is 1.94. The molecule has 0 fully saturated rings. The van der Waals surface area contributed by atoms with Crippen LogP contribution in [0.1, 0.15) is 5.56 Å². The second-order valence-corrected chi connectivity index (χ2v) is 4.13. The summed E-state index contributed by atoms with van der Waals surface area (Å²) in [5.41, 5.74) is 7.65. The summed E-state index contributed by atoms with van der Waals surface area (Å²) in [7, 11) is 0. The first-order chi connectivity index (χ1) is 6.27. The zero-order chi connectivity index (χ0) is 9.26. The van der Waals surface area contributed by atoms with Crippen LogP contribution >= 0.6 is 22.6 Å². The Labute approximate surface area is 90.6 Å². The van der Waals surface area contributed by atoms with Gasteiger partial charge in [0, 0.05) is 21.4 Å². The molecule has 1 aliphatic rings. The highest BCUT2D eigenvalue weighted by Gasteiger charge is 2.10. The van der Waals surface area contributed by atoms with Crippen molar-refractivity contribution >= 4 is 34.1 Å². The van der Waals surface area contributed by atoms with E-state index in [0.29, 0.717) is 0 Å². The Hall–Kier alpha value is -0.780. The highest BCUT2D eigenvalue weighted by Crippen LogP contribution is 2.16. The van der Waals surface area contributed by atoms with Crippen LogP contribution in [0, 0.1) is 3.57 Å².